The molecule has 0 radical (unpaired) electrons. The van der Waals surface area contributed by atoms with Gasteiger partial charge in [-0.15, -0.1) is 0 Å². The van der Waals surface area contributed by atoms with Gasteiger partial charge < -0.3 is 4.74 Å². The van der Waals surface area contributed by atoms with Gasteiger partial charge in [-0.25, -0.2) is 4.98 Å². The van der Waals surface area contributed by atoms with Gasteiger partial charge in [0.2, 0.25) is 5.78 Å². The second kappa shape index (κ2) is 8.09. The Labute approximate surface area is 137 Å². The van der Waals surface area contributed by atoms with Crippen LogP contribution in [-0.2, 0) is 14.3 Å². The maximum absolute atomic E-state index is 12.5. The lowest BCUT2D eigenvalue weighted by molar-refractivity contribution is -0.361. The standard InChI is InChI=1S/C18H26N2O3/c1-3-4-5-6-9-14-12-18(2,23-17(14)22)15(21)13-20-16-10-7-8-11-19-16/h7-8,10-11,14H,3-6,9,12-13H2,1-2H3,(H,19,20)/p+1/t14-,18+/m1/s1. The van der Waals surface area contributed by atoms with Crippen LogP contribution in [0.1, 0.15) is 52.4 Å². The van der Waals surface area contributed by atoms with E-state index in [9.17, 15) is 9.59 Å². The Hall–Kier alpha value is -1.91. The van der Waals surface area contributed by atoms with E-state index in [1.54, 1.807) is 13.1 Å². The molecule has 2 N–H and O–H groups in total. The van der Waals surface area contributed by atoms with Crippen LogP contribution < -0.4 is 10.3 Å². The maximum atomic E-state index is 12.5. The monoisotopic (exact) mass is 319 g/mol. The highest BCUT2D eigenvalue weighted by atomic mass is 16.6. The van der Waals surface area contributed by atoms with E-state index < -0.39 is 5.60 Å². The Balaban J connectivity index is 1.83. The highest BCUT2D eigenvalue weighted by molar-refractivity contribution is 5.94. The first kappa shape index (κ1) is 17.4. The fourth-order valence-electron chi connectivity index (χ4n) is 2.97. The van der Waals surface area contributed by atoms with E-state index in [4.69, 9.17) is 4.74 Å². The molecular formula is C18H27N2O3+. The van der Waals surface area contributed by atoms with Crippen LogP contribution in [0.2, 0.25) is 0 Å². The summed E-state index contributed by atoms with van der Waals surface area (Å²) < 4.78 is 5.43. The van der Waals surface area contributed by atoms with Crippen molar-refractivity contribution in [1.29, 1.82) is 0 Å². The number of rotatable bonds is 9. The van der Waals surface area contributed by atoms with Gasteiger partial charge in [0.15, 0.2) is 5.60 Å². The number of carbonyl (C=O) groups is 2. The Morgan fingerprint density at radius 2 is 2.22 bits per heavy atom. The number of hydrogen-bond donors (Lipinski definition) is 1. The first-order chi connectivity index (χ1) is 11.0. The number of unbranched alkanes of at least 4 members (excludes halogenated alkanes) is 3. The van der Waals surface area contributed by atoms with Crippen molar-refractivity contribution in [1.82, 2.24) is 0 Å². The molecule has 1 aromatic heterocycles. The van der Waals surface area contributed by atoms with E-state index in [-0.39, 0.29) is 24.2 Å². The molecule has 0 aliphatic carbocycles. The predicted molar refractivity (Wildman–Crippen MR) is 87.9 cm³/mol. The molecule has 0 amide bonds. The molecule has 1 aromatic rings. The lowest BCUT2D eigenvalue weighted by atomic mass is 9.89. The first-order valence-corrected chi connectivity index (χ1v) is 8.52. The molecule has 2 rings (SSSR count). The normalized spacial score (nSPS) is 23.6. The van der Waals surface area contributed by atoms with Gasteiger partial charge in [0, 0.05) is 12.5 Å². The van der Waals surface area contributed by atoms with E-state index in [0.717, 1.165) is 25.1 Å². The molecule has 1 aliphatic rings. The van der Waals surface area contributed by atoms with Crippen LogP contribution in [0, 0.1) is 5.92 Å². The second-order valence-corrected chi connectivity index (χ2v) is 6.46. The number of carbonyl (C=O) groups excluding carboxylic acids is 2. The highest BCUT2D eigenvalue weighted by Gasteiger charge is 2.48. The van der Waals surface area contributed by atoms with E-state index in [1.807, 2.05) is 18.2 Å². The van der Waals surface area contributed by atoms with Crippen LogP contribution in [0.5, 0.6) is 0 Å². The van der Waals surface area contributed by atoms with Crippen molar-refractivity contribution in [2.75, 3.05) is 11.9 Å². The minimum atomic E-state index is -0.992. The average Bonchev–Trinajstić information content (AvgIpc) is 2.85. The summed E-state index contributed by atoms with van der Waals surface area (Å²) in [6.45, 7) is 4.04. The minimum absolute atomic E-state index is 0.0841. The summed E-state index contributed by atoms with van der Waals surface area (Å²) in [5.74, 6) is 0.330. The number of pyridine rings is 1. The zero-order chi connectivity index (χ0) is 16.7. The SMILES string of the molecule is CCCCCC[C@@H]1C[C@@](C)(C(=O)CNc2cccc[nH+]2)OC1=O. The summed E-state index contributed by atoms with van der Waals surface area (Å²) in [5.41, 5.74) is -0.992. The quantitative estimate of drug-likeness (QED) is 0.561. The second-order valence-electron chi connectivity index (χ2n) is 6.46. The van der Waals surface area contributed by atoms with Gasteiger partial charge in [0.25, 0.3) is 5.82 Å². The van der Waals surface area contributed by atoms with Crippen molar-refractivity contribution in [2.24, 2.45) is 5.92 Å². The predicted octanol–water partition coefficient (Wildman–Crippen LogP) is 2.77. The number of Topliss-reactive ketones (excluding diaryl/α,β-unsaturated/α-hetero) is 1. The van der Waals surface area contributed by atoms with Crippen LogP contribution in [0.15, 0.2) is 24.4 Å². The molecule has 0 spiro atoms. The first-order valence-electron chi connectivity index (χ1n) is 8.52. The number of H-pyrrole nitrogens is 1. The zero-order valence-electron chi connectivity index (χ0n) is 14.1. The Morgan fingerprint density at radius 3 is 2.91 bits per heavy atom. The van der Waals surface area contributed by atoms with Crippen molar-refractivity contribution < 1.29 is 19.3 Å². The van der Waals surface area contributed by atoms with Crippen LogP contribution in [0.3, 0.4) is 0 Å². The minimum Gasteiger partial charge on any atom is -0.451 e. The summed E-state index contributed by atoms with van der Waals surface area (Å²) in [7, 11) is 0. The molecule has 0 aromatic carbocycles. The van der Waals surface area contributed by atoms with Crippen LogP contribution in [0.25, 0.3) is 0 Å². The largest absolute Gasteiger partial charge is 0.451 e. The van der Waals surface area contributed by atoms with Gasteiger partial charge in [-0.05, 0) is 19.4 Å². The van der Waals surface area contributed by atoms with Gasteiger partial charge in [0.1, 0.15) is 6.54 Å². The van der Waals surface area contributed by atoms with Gasteiger partial charge in [-0.3, -0.25) is 14.9 Å². The number of anilines is 1. The van der Waals surface area contributed by atoms with Crippen molar-refractivity contribution >= 4 is 17.6 Å². The summed E-state index contributed by atoms with van der Waals surface area (Å²) in [6.07, 6.45) is 7.63. The van der Waals surface area contributed by atoms with E-state index in [2.05, 4.69) is 17.2 Å². The molecule has 0 unspecified atom stereocenters. The van der Waals surface area contributed by atoms with Crippen LogP contribution in [-0.4, -0.2) is 23.9 Å². The zero-order valence-corrected chi connectivity index (χ0v) is 14.1. The van der Waals surface area contributed by atoms with Gasteiger partial charge in [-0.2, -0.15) is 0 Å². The Bertz CT molecular complexity index is 532. The van der Waals surface area contributed by atoms with Gasteiger partial charge in [0.05, 0.1) is 12.1 Å². The molecule has 1 saturated heterocycles. The average molecular weight is 319 g/mol. The molecule has 2 atom stereocenters. The molecule has 2 heterocycles. The van der Waals surface area contributed by atoms with Crippen LogP contribution >= 0.6 is 0 Å². The third-order valence-corrected chi connectivity index (χ3v) is 4.44. The summed E-state index contributed by atoms with van der Waals surface area (Å²) in [5, 5.41) is 3.04. The number of nitrogens with one attached hydrogen (secondary N) is 2. The number of ether oxygens (including phenoxy) is 1. The molecule has 1 aliphatic heterocycles. The molecule has 23 heavy (non-hydrogen) atoms. The number of aromatic nitrogens is 1. The number of esters is 1. The van der Waals surface area contributed by atoms with E-state index >= 15 is 0 Å². The lowest BCUT2D eigenvalue weighted by Gasteiger charge is -2.19. The van der Waals surface area contributed by atoms with Crippen molar-refractivity contribution in [3.63, 3.8) is 0 Å². The van der Waals surface area contributed by atoms with Gasteiger partial charge >= 0.3 is 5.97 Å². The number of cyclic esters (lactones) is 1. The molecule has 1 fully saturated rings. The summed E-state index contributed by atoms with van der Waals surface area (Å²) in [4.78, 5) is 27.5. The molecule has 0 bridgehead atoms. The Morgan fingerprint density at radius 1 is 1.39 bits per heavy atom. The summed E-state index contributed by atoms with van der Waals surface area (Å²) >= 11 is 0. The van der Waals surface area contributed by atoms with Crippen molar-refractivity contribution in [2.45, 2.75) is 58.0 Å². The summed E-state index contributed by atoms with van der Waals surface area (Å²) in [6, 6.07) is 5.61. The smallest absolute Gasteiger partial charge is 0.310 e. The topological polar surface area (TPSA) is 69.5 Å². The third kappa shape index (κ3) is 4.78. The molecule has 5 heteroatoms. The number of hydrogen-bond acceptors (Lipinski definition) is 4. The van der Waals surface area contributed by atoms with Crippen LogP contribution in [0.4, 0.5) is 5.82 Å². The fourth-order valence-corrected chi connectivity index (χ4v) is 2.97. The number of aromatic amines is 1. The van der Waals surface area contributed by atoms with Gasteiger partial charge in [-0.1, -0.05) is 38.7 Å². The molecule has 5 nitrogen and oxygen atoms in total. The maximum Gasteiger partial charge on any atom is 0.310 e. The number of ketones is 1. The van der Waals surface area contributed by atoms with Crippen molar-refractivity contribution in [3.05, 3.63) is 24.4 Å². The molecule has 0 saturated carbocycles. The van der Waals surface area contributed by atoms with E-state index in [0.29, 0.717) is 6.42 Å². The molecular weight excluding hydrogens is 292 g/mol. The third-order valence-electron chi connectivity index (χ3n) is 4.44. The highest BCUT2D eigenvalue weighted by Crippen LogP contribution is 2.34. The van der Waals surface area contributed by atoms with Crippen molar-refractivity contribution in [3.8, 4) is 0 Å². The lowest BCUT2D eigenvalue weighted by Crippen LogP contribution is -2.39. The fraction of sp³-hybridized carbons (Fsp3) is 0.611. The molecule has 126 valence electrons. The van der Waals surface area contributed by atoms with E-state index in [1.165, 1.54) is 12.8 Å². The Kier molecular flexibility index (Phi) is 6.13.